The van der Waals surface area contributed by atoms with Gasteiger partial charge in [-0.05, 0) is 66.8 Å². The van der Waals surface area contributed by atoms with Gasteiger partial charge in [-0.25, -0.2) is 4.98 Å². The van der Waals surface area contributed by atoms with Crippen LogP contribution in [0.1, 0.15) is 43.6 Å². The molecule has 2 fully saturated rings. The van der Waals surface area contributed by atoms with Crippen LogP contribution in [0.25, 0.3) is 16.9 Å². The number of fused-ring (bicyclic) bond motifs is 3. The van der Waals surface area contributed by atoms with Crippen LogP contribution < -0.4 is 15.0 Å². The van der Waals surface area contributed by atoms with Crippen LogP contribution in [0.15, 0.2) is 47.4 Å². The number of aromatic nitrogens is 2. The van der Waals surface area contributed by atoms with Gasteiger partial charge in [0.05, 0.1) is 19.9 Å². The Morgan fingerprint density at radius 2 is 1.69 bits per heavy atom. The SMILES string of the molecule is COc1ccc(-c2cc(=O)n3cc(C4C[C@H]5CC[C@@H](C4)C5)ccc3n2)cc1OC. The highest BCUT2D eigenvalue weighted by atomic mass is 16.5. The number of hydrogen-bond donors (Lipinski definition) is 0. The summed E-state index contributed by atoms with van der Waals surface area (Å²) in [4.78, 5) is 17.6. The number of rotatable bonds is 4. The maximum atomic E-state index is 12.9. The molecule has 0 spiro atoms. The smallest absolute Gasteiger partial charge is 0.258 e. The quantitative estimate of drug-likeness (QED) is 0.649. The zero-order valence-electron chi connectivity index (χ0n) is 16.9. The summed E-state index contributed by atoms with van der Waals surface area (Å²) in [5.74, 6) is 3.59. The van der Waals surface area contributed by atoms with Crippen molar-refractivity contribution in [2.45, 2.75) is 38.0 Å². The van der Waals surface area contributed by atoms with Crippen LogP contribution in [0.2, 0.25) is 0 Å². The molecule has 3 atom stereocenters. The van der Waals surface area contributed by atoms with Crippen molar-refractivity contribution in [3.8, 4) is 22.8 Å². The van der Waals surface area contributed by atoms with E-state index in [0.29, 0.717) is 28.8 Å². The molecule has 0 N–H and O–H groups in total. The lowest BCUT2D eigenvalue weighted by Gasteiger charge is -2.28. The van der Waals surface area contributed by atoms with Gasteiger partial charge < -0.3 is 9.47 Å². The Morgan fingerprint density at radius 1 is 0.931 bits per heavy atom. The average Bonchev–Trinajstić information content (AvgIpc) is 3.10. The highest BCUT2D eigenvalue weighted by Crippen LogP contribution is 2.48. The summed E-state index contributed by atoms with van der Waals surface area (Å²) in [5.41, 5.74) is 3.36. The van der Waals surface area contributed by atoms with Crippen molar-refractivity contribution in [2.24, 2.45) is 11.8 Å². The molecule has 5 rings (SSSR count). The average molecular weight is 390 g/mol. The van der Waals surface area contributed by atoms with Gasteiger partial charge in [0, 0.05) is 17.8 Å². The lowest BCUT2D eigenvalue weighted by molar-refractivity contribution is 0.319. The van der Waals surface area contributed by atoms with E-state index in [1.165, 1.54) is 37.7 Å². The molecule has 150 valence electrons. The maximum absolute atomic E-state index is 12.9. The third kappa shape index (κ3) is 3.28. The second kappa shape index (κ2) is 7.21. The summed E-state index contributed by atoms with van der Waals surface area (Å²) in [5, 5.41) is 0. The van der Waals surface area contributed by atoms with Gasteiger partial charge in [0.1, 0.15) is 5.65 Å². The molecule has 3 aromatic rings. The van der Waals surface area contributed by atoms with E-state index in [1.807, 2.05) is 30.5 Å². The fraction of sp³-hybridized carbons (Fsp3) is 0.417. The van der Waals surface area contributed by atoms with E-state index in [2.05, 4.69) is 6.07 Å². The minimum atomic E-state index is -0.0552. The van der Waals surface area contributed by atoms with Crippen LogP contribution in [0, 0.1) is 11.8 Å². The molecular formula is C24H26N2O3. The Kier molecular flexibility index (Phi) is 4.53. The first-order valence-corrected chi connectivity index (χ1v) is 10.4. The van der Waals surface area contributed by atoms with Gasteiger partial charge in [-0.1, -0.05) is 18.9 Å². The largest absolute Gasteiger partial charge is 0.493 e. The first kappa shape index (κ1) is 18.2. The van der Waals surface area contributed by atoms with Gasteiger partial charge in [0.25, 0.3) is 5.56 Å². The van der Waals surface area contributed by atoms with Crippen molar-refractivity contribution in [1.82, 2.24) is 9.38 Å². The van der Waals surface area contributed by atoms with Gasteiger partial charge in [0.2, 0.25) is 0 Å². The number of hydrogen-bond acceptors (Lipinski definition) is 4. The summed E-state index contributed by atoms with van der Waals surface area (Å²) < 4.78 is 12.4. The highest BCUT2D eigenvalue weighted by molar-refractivity contribution is 5.65. The van der Waals surface area contributed by atoms with Crippen molar-refractivity contribution in [3.05, 3.63) is 58.5 Å². The van der Waals surface area contributed by atoms with E-state index in [1.54, 1.807) is 24.7 Å². The lowest BCUT2D eigenvalue weighted by atomic mass is 9.78. The molecule has 1 unspecified atom stereocenters. The molecule has 0 radical (unpaired) electrons. The molecule has 2 heterocycles. The predicted octanol–water partition coefficient (Wildman–Crippen LogP) is 4.67. The normalized spacial score (nSPS) is 23.3. The number of pyridine rings is 1. The minimum absolute atomic E-state index is 0.0552. The molecule has 2 aliphatic rings. The Hall–Kier alpha value is -2.82. The van der Waals surface area contributed by atoms with Crippen molar-refractivity contribution >= 4 is 5.65 Å². The highest BCUT2D eigenvalue weighted by Gasteiger charge is 2.34. The molecule has 5 heteroatoms. The minimum Gasteiger partial charge on any atom is -0.493 e. The summed E-state index contributed by atoms with van der Waals surface area (Å²) in [6, 6.07) is 11.3. The zero-order valence-corrected chi connectivity index (χ0v) is 16.9. The Bertz CT molecular complexity index is 1110. The molecule has 2 bridgehead atoms. The standard InChI is InChI=1S/C24H26N2O3/c1-28-21-7-5-17(12-22(21)29-2)20-13-24(27)26-14-18(6-8-23(26)25-20)19-10-15-3-4-16(9-15)11-19/h5-8,12-16,19H,3-4,9-11H2,1-2H3/t15-,16+,19?. The van der Waals surface area contributed by atoms with Gasteiger partial charge in [-0.15, -0.1) is 0 Å². The van der Waals surface area contributed by atoms with Crippen LogP contribution in [-0.2, 0) is 0 Å². The number of ether oxygens (including phenoxy) is 2. The number of nitrogens with zero attached hydrogens (tertiary/aromatic N) is 2. The lowest BCUT2D eigenvalue weighted by Crippen LogP contribution is -2.18. The van der Waals surface area contributed by atoms with Crippen LogP contribution in [-0.4, -0.2) is 23.6 Å². The Labute approximate surface area is 170 Å². The molecule has 0 amide bonds. The van der Waals surface area contributed by atoms with Crippen LogP contribution >= 0.6 is 0 Å². The zero-order chi connectivity index (χ0) is 20.0. The molecule has 29 heavy (non-hydrogen) atoms. The molecule has 5 nitrogen and oxygen atoms in total. The van der Waals surface area contributed by atoms with E-state index < -0.39 is 0 Å². The number of methoxy groups -OCH3 is 2. The summed E-state index contributed by atoms with van der Waals surface area (Å²) in [6.07, 6.45) is 8.69. The van der Waals surface area contributed by atoms with Crippen molar-refractivity contribution in [3.63, 3.8) is 0 Å². The number of benzene rings is 1. The van der Waals surface area contributed by atoms with Crippen LogP contribution in [0.5, 0.6) is 11.5 Å². The Balaban J connectivity index is 1.51. The van der Waals surface area contributed by atoms with Crippen molar-refractivity contribution in [2.75, 3.05) is 14.2 Å². The van der Waals surface area contributed by atoms with Gasteiger partial charge in [-0.2, -0.15) is 0 Å². The van der Waals surface area contributed by atoms with Crippen LogP contribution in [0.3, 0.4) is 0 Å². The summed E-state index contributed by atoms with van der Waals surface area (Å²) >= 11 is 0. The fourth-order valence-corrected chi connectivity index (χ4v) is 5.28. The van der Waals surface area contributed by atoms with E-state index in [4.69, 9.17) is 14.5 Å². The predicted molar refractivity (Wildman–Crippen MR) is 113 cm³/mol. The summed E-state index contributed by atoms with van der Waals surface area (Å²) in [7, 11) is 3.21. The van der Waals surface area contributed by atoms with Gasteiger partial charge in [-0.3, -0.25) is 9.20 Å². The first-order chi connectivity index (χ1) is 14.1. The summed E-state index contributed by atoms with van der Waals surface area (Å²) in [6.45, 7) is 0. The molecule has 2 saturated carbocycles. The monoisotopic (exact) mass is 390 g/mol. The third-order valence-electron chi connectivity index (χ3n) is 6.72. The van der Waals surface area contributed by atoms with Crippen molar-refractivity contribution in [1.29, 1.82) is 0 Å². The second-order valence-corrected chi connectivity index (χ2v) is 8.45. The topological polar surface area (TPSA) is 52.8 Å². The fourth-order valence-electron chi connectivity index (χ4n) is 5.28. The second-order valence-electron chi connectivity index (χ2n) is 8.45. The van der Waals surface area contributed by atoms with E-state index in [-0.39, 0.29) is 5.56 Å². The van der Waals surface area contributed by atoms with Crippen LogP contribution in [0.4, 0.5) is 0 Å². The van der Waals surface area contributed by atoms with E-state index >= 15 is 0 Å². The van der Waals surface area contributed by atoms with Crippen molar-refractivity contribution < 1.29 is 9.47 Å². The molecular weight excluding hydrogens is 364 g/mol. The third-order valence-corrected chi connectivity index (χ3v) is 6.72. The molecule has 2 aromatic heterocycles. The maximum Gasteiger partial charge on any atom is 0.258 e. The van der Waals surface area contributed by atoms with E-state index in [0.717, 1.165) is 17.4 Å². The molecule has 0 saturated heterocycles. The first-order valence-electron chi connectivity index (χ1n) is 10.4. The molecule has 0 aliphatic heterocycles. The molecule has 1 aromatic carbocycles. The van der Waals surface area contributed by atoms with Gasteiger partial charge in [0.15, 0.2) is 11.5 Å². The molecule has 2 aliphatic carbocycles. The van der Waals surface area contributed by atoms with Gasteiger partial charge >= 0.3 is 0 Å². The van der Waals surface area contributed by atoms with E-state index in [9.17, 15) is 4.79 Å². The Morgan fingerprint density at radius 3 is 2.41 bits per heavy atom.